The van der Waals surface area contributed by atoms with Gasteiger partial charge in [0.05, 0.1) is 6.61 Å². The minimum atomic E-state index is -5.49. The second-order valence-corrected chi connectivity index (χ2v) is 8.06. The zero-order valence-corrected chi connectivity index (χ0v) is 14.1. The molecule has 1 aliphatic rings. The Labute approximate surface area is 133 Å². The summed E-state index contributed by atoms with van der Waals surface area (Å²) in [7, 11) is -16.3. The van der Waals surface area contributed by atoms with E-state index in [1.54, 1.807) is 0 Å². The lowest BCUT2D eigenvalue weighted by Gasteiger charge is -2.46. The summed E-state index contributed by atoms with van der Waals surface area (Å²) in [5.41, 5.74) is 0. The number of aliphatic hydroxyl groups is 2. The van der Waals surface area contributed by atoms with Crippen molar-refractivity contribution in [3.63, 3.8) is 0 Å². The van der Waals surface area contributed by atoms with E-state index in [4.69, 9.17) is 34.1 Å². The molecule has 0 aromatic heterocycles. The van der Waals surface area contributed by atoms with Gasteiger partial charge in [-0.05, 0) is 0 Å². The molecule has 1 rings (SSSR count). The van der Waals surface area contributed by atoms with Crippen LogP contribution in [0.1, 0.15) is 0 Å². The predicted molar refractivity (Wildman–Crippen MR) is 68.7 cm³/mol. The molecule has 18 heteroatoms. The van der Waals surface area contributed by atoms with Crippen molar-refractivity contribution < 1.29 is 71.6 Å². The van der Waals surface area contributed by atoms with E-state index < -0.39 is 60.8 Å². The van der Waals surface area contributed by atoms with Crippen LogP contribution >= 0.6 is 23.5 Å². The van der Waals surface area contributed by atoms with Gasteiger partial charge in [0, 0.05) is 0 Å². The van der Waals surface area contributed by atoms with Crippen LogP contribution in [0.3, 0.4) is 0 Å². The van der Waals surface area contributed by atoms with Crippen LogP contribution in [-0.2, 0) is 32.0 Å². The Balaban J connectivity index is 3.36. The normalized spacial score (nSPS) is 32.8. The summed E-state index contributed by atoms with van der Waals surface area (Å²) in [4.78, 5) is 53.1. The quantitative estimate of drug-likeness (QED) is 0.193. The van der Waals surface area contributed by atoms with Crippen molar-refractivity contribution in [1.29, 1.82) is 0 Å². The molecule has 0 amide bonds. The summed E-state index contributed by atoms with van der Waals surface area (Å²) in [6.07, 6.45) is -6.78. The van der Waals surface area contributed by atoms with Crippen molar-refractivity contribution in [2.75, 3.05) is 13.2 Å². The van der Waals surface area contributed by atoms with E-state index in [9.17, 15) is 23.9 Å². The third-order valence-corrected chi connectivity index (χ3v) is 4.18. The third-order valence-electron chi connectivity index (χ3n) is 2.61. The molecule has 4 atom stereocenters. The second-order valence-electron chi connectivity index (χ2n) is 4.51. The fourth-order valence-corrected chi connectivity index (χ4v) is 3.63. The van der Waals surface area contributed by atoms with Gasteiger partial charge in [-0.2, -0.15) is 0 Å². The molecule has 0 aromatic rings. The maximum atomic E-state index is 11.0. The van der Waals surface area contributed by atoms with Crippen LogP contribution in [0.15, 0.2) is 0 Å². The highest BCUT2D eigenvalue weighted by Gasteiger charge is 2.59. The Morgan fingerprint density at radius 1 is 0.958 bits per heavy atom. The molecule has 144 valence electrons. The highest BCUT2D eigenvalue weighted by molar-refractivity contribution is 7.47. The molecule has 24 heavy (non-hydrogen) atoms. The molecular formula is C6H15O15P3. The van der Waals surface area contributed by atoms with E-state index in [-0.39, 0.29) is 0 Å². The van der Waals surface area contributed by atoms with Crippen molar-refractivity contribution in [2.45, 2.75) is 24.1 Å². The van der Waals surface area contributed by atoms with Crippen molar-refractivity contribution >= 4 is 23.5 Å². The maximum absolute atomic E-state index is 11.0. The molecule has 1 saturated heterocycles. The number of aliphatic hydroxyl groups excluding tert-OH is 2. The van der Waals surface area contributed by atoms with Gasteiger partial charge < -0.3 is 44.3 Å². The molecule has 0 radical (unpaired) electrons. The van der Waals surface area contributed by atoms with Gasteiger partial charge in [0.1, 0.15) is 18.8 Å². The van der Waals surface area contributed by atoms with Gasteiger partial charge >= 0.3 is 23.5 Å². The van der Waals surface area contributed by atoms with Gasteiger partial charge in [-0.3, -0.25) is 9.05 Å². The van der Waals surface area contributed by atoms with E-state index in [2.05, 4.69) is 13.6 Å². The first-order chi connectivity index (χ1) is 10.6. The number of hydrogen-bond acceptors (Lipinski definition) is 9. The molecule has 0 spiro atoms. The monoisotopic (exact) mass is 420 g/mol. The Hall–Kier alpha value is 0.210. The van der Waals surface area contributed by atoms with Crippen LogP contribution in [-0.4, -0.2) is 76.9 Å². The molecular weight excluding hydrogens is 405 g/mol. The largest absolute Gasteiger partial charge is 0.472 e. The number of hydrogen-bond donors (Lipinski definition) is 8. The molecule has 1 fully saturated rings. The smallest absolute Gasteiger partial charge is 0.391 e. The van der Waals surface area contributed by atoms with Crippen molar-refractivity contribution in [3.8, 4) is 0 Å². The van der Waals surface area contributed by atoms with Crippen LogP contribution < -0.4 is 0 Å². The summed E-state index contributed by atoms with van der Waals surface area (Å²) >= 11 is 0. The first kappa shape index (κ1) is 22.3. The van der Waals surface area contributed by atoms with Crippen LogP contribution in [0.4, 0.5) is 0 Å². The summed E-state index contributed by atoms with van der Waals surface area (Å²) in [5.74, 6) is -3.00. The van der Waals surface area contributed by atoms with Crippen LogP contribution in [0.2, 0.25) is 0 Å². The Morgan fingerprint density at radius 3 is 1.83 bits per heavy atom. The van der Waals surface area contributed by atoms with Crippen LogP contribution in [0, 0.1) is 0 Å². The molecule has 1 unspecified atom stereocenters. The zero-order chi connectivity index (χ0) is 19.0. The van der Waals surface area contributed by atoms with E-state index in [1.807, 2.05) is 0 Å². The molecule has 15 nitrogen and oxygen atoms in total. The lowest BCUT2D eigenvalue weighted by Crippen LogP contribution is -2.64. The maximum Gasteiger partial charge on any atom is 0.472 e. The fraction of sp³-hybridized carbons (Fsp3) is 1.00. The molecule has 0 saturated carbocycles. The average molecular weight is 420 g/mol. The Kier molecular flexibility index (Phi) is 6.90. The van der Waals surface area contributed by atoms with Gasteiger partial charge in [0.2, 0.25) is 5.79 Å². The summed E-state index contributed by atoms with van der Waals surface area (Å²) < 4.78 is 50.1. The second kappa shape index (κ2) is 7.45. The van der Waals surface area contributed by atoms with Crippen LogP contribution in [0.25, 0.3) is 0 Å². The molecule has 0 bridgehead atoms. The highest BCUT2D eigenvalue weighted by Crippen LogP contribution is 2.52. The number of rotatable bonds is 7. The SMILES string of the molecule is O=P(O)(O)O[C@@H]1[C@H](O)COC(CO)(OP(=O)(O)O)[C@H]1OP(=O)(O)O. The van der Waals surface area contributed by atoms with Gasteiger partial charge in [-0.1, -0.05) is 0 Å². The molecule has 0 aromatic carbocycles. The summed E-state index contributed by atoms with van der Waals surface area (Å²) in [5, 5.41) is 19.0. The standard InChI is InChI=1S/C6H15O15P3/c7-2-6(21-24(15,16)17)5(20-23(12,13)14)4(3(8)1-18-6)19-22(9,10)11/h3-5,7-8H,1-2H2,(H2,9,10,11)(H2,12,13,14)(H2,15,16,17)/t3-,4-,5+,6?/m1/s1. The molecule has 1 aliphatic heterocycles. The van der Waals surface area contributed by atoms with Gasteiger partial charge in [0.15, 0.2) is 6.10 Å². The Bertz CT molecular complexity index is 574. The lowest BCUT2D eigenvalue weighted by atomic mass is 9.97. The number of phosphoric ester groups is 3. The predicted octanol–water partition coefficient (Wildman–Crippen LogP) is -2.87. The average Bonchev–Trinajstić information content (AvgIpc) is 2.33. The number of ether oxygens (including phenoxy) is 1. The summed E-state index contributed by atoms with van der Waals surface area (Å²) in [6.45, 7) is -2.43. The van der Waals surface area contributed by atoms with Gasteiger partial charge in [-0.25, -0.2) is 18.2 Å². The van der Waals surface area contributed by atoms with Crippen molar-refractivity contribution in [1.82, 2.24) is 0 Å². The Morgan fingerprint density at radius 2 is 1.46 bits per heavy atom. The van der Waals surface area contributed by atoms with E-state index in [0.29, 0.717) is 0 Å². The zero-order valence-electron chi connectivity index (χ0n) is 11.4. The van der Waals surface area contributed by atoms with E-state index >= 15 is 0 Å². The van der Waals surface area contributed by atoms with Crippen molar-refractivity contribution in [2.24, 2.45) is 0 Å². The summed E-state index contributed by atoms with van der Waals surface area (Å²) in [6, 6.07) is 0. The topological polar surface area (TPSA) is 250 Å². The van der Waals surface area contributed by atoms with Gasteiger partial charge in [0.25, 0.3) is 0 Å². The minimum absolute atomic E-state index is 0.938. The molecule has 0 aliphatic carbocycles. The molecule has 1 heterocycles. The fourth-order valence-electron chi connectivity index (χ4n) is 1.87. The molecule has 8 N–H and O–H groups in total. The van der Waals surface area contributed by atoms with E-state index in [0.717, 1.165) is 0 Å². The highest BCUT2D eigenvalue weighted by atomic mass is 31.2. The van der Waals surface area contributed by atoms with Crippen LogP contribution in [0.5, 0.6) is 0 Å². The first-order valence-electron chi connectivity index (χ1n) is 5.76. The first-order valence-corrected chi connectivity index (χ1v) is 10.3. The van der Waals surface area contributed by atoms with Crippen molar-refractivity contribution in [3.05, 3.63) is 0 Å². The van der Waals surface area contributed by atoms with E-state index in [1.165, 1.54) is 0 Å². The lowest BCUT2D eigenvalue weighted by molar-refractivity contribution is -0.316. The minimum Gasteiger partial charge on any atom is -0.391 e. The number of phosphoric acid groups is 3. The van der Waals surface area contributed by atoms with Gasteiger partial charge in [-0.15, -0.1) is 0 Å². The third kappa shape index (κ3) is 6.50.